The number of hydrogen-bond acceptors (Lipinski definition) is 3. The number of allylic oxidation sites excluding steroid dienone is 2. The number of esters is 2. The van der Waals surface area contributed by atoms with Crippen LogP contribution in [-0.4, -0.2) is 11.9 Å². The molecule has 0 unspecified atom stereocenters. The fourth-order valence-electron chi connectivity index (χ4n) is 1.76. The van der Waals surface area contributed by atoms with Gasteiger partial charge < -0.3 is 4.74 Å². The molecule has 1 aliphatic heterocycles. The van der Waals surface area contributed by atoms with Crippen molar-refractivity contribution in [3.8, 4) is 0 Å². The van der Waals surface area contributed by atoms with E-state index in [1.165, 1.54) is 11.1 Å². The molecule has 1 heterocycles. The van der Waals surface area contributed by atoms with E-state index in [0.29, 0.717) is 0 Å². The second kappa shape index (κ2) is 8.95. The van der Waals surface area contributed by atoms with Crippen molar-refractivity contribution in [2.75, 3.05) is 0 Å². The highest BCUT2D eigenvalue weighted by Gasteiger charge is 2.10. The van der Waals surface area contributed by atoms with Crippen LogP contribution in [0.3, 0.4) is 0 Å². The largest absolute Gasteiger partial charge is 0.387 e. The first-order chi connectivity index (χ1) is 11.2. The Balaban J connectivity index is 0.000000229. The second-order valence-electron chi connectivity index (χ2n) is 4.61. The number of ether oxygens (including phenoxy) is 1. The van der Waals surface area contributed by atoms with Gasteiger partial charge in [-0.25, -0.2) is 9.59 Å². The van der Waals surface area contributed by atoms with E-state index >= 15 is 0 Å². The second-order valence-corrected chi connectivity index (χ2v) is 4.61. The third kappa shape index (κ3) is 6.40. The fraction of sp³-hybridized carbons (Fsp3) is 0. The summed E-state index contributed by atoms with van der Waals surface area (Å²) >= 11 is 0. The quantitative estimate of drug-likeness (QED) is 0.488. The van der Waals surface area contributed by atoms with Crippen molar-refractivity contribution < 1.29 is 14.3 Å². The molecule has 3 nitrogen and oxygen atoms in total. The van der Waals surface area contributed by atoms with Crippen LogP contribution in [0.15, 0.2) is 85.0 Å². The molecule has 0 amide bonds. The van der Waals surface area contributed by atoms with Crippen molar-refractivity contribution in [2.45, 2.75) is 0 Å². The maximum atomic E-state index is 9.92. The van der Waals surface area contributed by atoms with Crippen molar-refractivity contribution in [1.29, 1.82) is 0 Å². The van der Waals surface area contributed by atoms with Crippen LogP contribution in [0.25, 0.3) is 12.2 Å². The Morgan fingerprint density at radius 2 is 1.00 bits per heavy atom. The molecule has 2 aromatic rings. The van der Waals surface area contributed by atoms with E-state index < -0.39 is 11.9 Å². The highest BCUT2D eigenvalue weighted by atomic mass is 16.6. The van der Waals surface area contributed by atoms with Gasteiger partial charge in [-0.2, -0.15) is 0 Å². The Labute approximate surface area is 135 Å². The fourth-order valence-corrected chi connectivity index (χ4v) is 1.76. The standard InChI is InChI=1S/C16H14.C4H2O3/c1-3-9-15(10-4-1)13-7-8-14-16-11-5-2-6-12-16;5-3-1-2-4(6)7-3/h1-14H;1-2H. The molecule has 0 saturated carbocycles. The summed E-state index contributed by atoms with van der Waals surface area (Å²) < 4.78 is 3.97. The van der Waals surface area contributed by atoms with Crippen LogP contribution >= 0.6 is 0 Å². The van der Waals surface area contributed by atoms with Crippen molar-refractivity contribution in [3.63, 3.8) is 0 Å². The predicted octanol–water partition coefficient (Wildman–Crippen LogP) is 4.04. The van der Waals surface area contributed by atoms with Crippen LogP contribution in [0.5, 0.6) is 0 Å². The van der Waals surface area contributed by atoms with Crippen LogP contribution in [0.2, 0.25) is 0 Å². The van der Waals surface area contributed by atoms with Crippen molar-refractivity contribution in [1.82, 2.24) is 0 Å². The molecule has 114 valence electrons. The zero-order chi connectivity index (χ0) is 16.3. The molecule has 0 atom stereocenters. The lowest BCUT2D eigenvalue weighted by atomic mass is 10.2. The van der Waals surface area contributed by atoms with Gasteiger partial charge in [-0.3, -0.25) is 0 Å². The molecule has 0 aliphatic carbocycles. The molecule has 3 heteroatoms. The van der Waals surface area contributed by atoms with E-state index in [1.807, 2.05) is 36.4 Å². The molecule has 2 aromatic carbocycles. The molecule has 23 heavy (non-hydrogen) atoms. The molecular weight excluding hydrogens is 288 g/mol. The lowest BCUT2D eigenvalue weighted by Gasteiger charge is -1.90. The number of hydrogen-bond donors (Lipinski definition) is 0. The van der Waals surface area contributed by atoms with E-state index in [1.54, 1.807) is 0 Å². The van der Waals surface area contributed by atoms with Crippen LogP contribution in [-0.2, 0) is 14.3 Å². The maximum Gasteiger partial charge on any atom is 0.338 e. The topological polar surface area (TPSA) is 43.4 Å². The third-order valence-corrected chi connectivity index (χ3v) is 2.84. The van der Waals surface area contributed by atoms with E-state index in [9.17, 15) is 9.59 Å². The average Bonchev–Trinajstić information content (AvgIpc) is 2.97. The first-order valence-corrected chi connectivity index (χ1v) is 7.13. The SMILES string of the molecule is C(C=Cc1ccccc1)=Cc1ccccc1.O=C1C=CC(=O)O1. The van der Waals surface area contributed by atoms with Crippen molar-refractivity contribution in [3.05, 3.63) is 96.1 Å². The Kier molecular flexibility index (Phi) is 6.29. The minimum atomic E-state index is -0.579. The molecule has 0 spiro atoms. The minimum absolute atomic E-state index is 0.579. The number of carbonyl (C=O) groups is 2. The van der Waals surface area contributed by atoms with Gasteiger partial charge >= 0.3 is 11.9 Å². The summed E-state index contributed by atoms with van der Waals surface area (Å²) in [4.78, 5) is 19.8. The van der Waals surface area contributed by atoms with Gasteiger partial charge in [0, 0.05) is 12.2 Å². The van der Waals surface area contributed by atoms with E-state index in [4.69, 9.17) is 0 Å². The molecule has 1 aliphatic rings. The zero-order valence-electron chi connectivity index (χ0n) is 12.5. The first kappa shape index (κ1) is 16.2. The summed E-state index contributed by atoms with van der Waals surface area (Å²) in [6, 6.07) is 20.6. The molecule has 0 saturated heterocycles. The lowest BCUT2D eigenvalue weighted by molar-refractivity contribution is -0.150. The van der Waals surface area contributed by atoms with Gasteiger partial charge in [0.1, 0.15) is 0 Å². The summed E-state index contributed by atoms with van der Waals surface area (Å²) in [6.07, 6.45) is 10.5. The summed E-state index contributed by atoms with van der Waals surface area (Å²) in [6.45, 7) is 0. The summed E-state index contributed by atoms with van der Waals surface area (Å²) in [5.41, 5.74) is 2.44. The van der Waals surface area contributed by atoms with Gasteiger partial charge in [0.2, 0.25) is 0 Å². The minimum Gasteiger partial charge on any atom is -0.387 e. The van der Waals surface area contributed by atoms with E-state index in [-0.39, 0.29) is 0 Å². The number of cyclic esters (lactones) is 2. The van der Waals surface area contributed by atoms with E-state index in [0.717, 1.165) is 12.2 Å². The van der Waals surface area contributed by atoms with Gasteiger partial charge in [0.15, 0.2) is 0 Å². The van der Waals surface area contributed by atoms with Gasteiger partial charge in [-0.15, -0.1) is 0 Å². The Morgan fingerprint density at radius 3 is 1.30 bits per heavy atom. The zero-order valence-corrected chi connectivity index (χ0v) is 12.5. The smallest absolute Gasteiger partial charge is 0.338 e. The number of carbonyl (C=O) groups excluding carboxylic acids is 2. The third-order valence-electron chi connectivity index (χ3n) is 2.84. The summed E-state index contributed by atoms with van der Waals surface area (Å²) in [5, 5.41) is 0. The Morgan fingerprint density at radius 1 is 0.609 bits per heavy atom. The van der Waals surface area contributed by atoms with Crippen LogP contribution in [0.4, 0.5) is 0 Å². The molecular formula is C20H16O3. The monoisotopic (exact) mass is 304 g/mol. The van der Waals surface area contributed by atoms with Gasteiger partial charge in [-0.05, 0) is 11.1 Å². The highest BCUT2D eigenvalue weighted by Crippen LogP contribution is 2.03. The van der Waals surface area contributed by atoms with Gasteiger partial charge in [0.25, 0.3) is 0 Å². The van der Waals surface area contributed by atoms with Gasteiger partial charge in [-0.1, -0.05) is 85.0 Å². The van der Waals surface area contributed by atoms with Crippen LogP contribution in [0.1, 0.15) is 11.1 Å². The summed E-state index contributed by atoms with van der Waals surface area (Å²) in [5.74, 6) is -1.16. The van der Waals surface area contributed by atoms with Crippen LogP contribution < -0.4 is 0 Å². The number of benzene rings is 2. The predicted molar refractivity (Wildman–Crippen MR) is 91.2 cm³/mol. The van der Waals surface area contributed by atoms with Crippen molar-refractivity contribution in [2.24, 2.45) is 0 Å². The highest BCUT2D eigenvalue weighted by molar-refractivity contribution is 6.04. The molecule has 0 fully saturated rings. The maximum absolute atomic E-state index is 9.92. The average molecular weight is 304 g/mol. The number of rotatable bonds is 3. The lowest BCUT2D eigenvalue weighted by Crippen LogP contribution is -1.96. The molecule has 0 N–H and O–H groups in total. The molecule has 0 radical (unpaired) electrons. The Bertz CT molecular complexity index is 662. The molecule has 3 rings (SSSR count). The van der Waals surface area contributed by atoms with Gasteiger partial charge in [0.05, 0.1) is 0 Å². The molecule has 0 bridgehead atoms. The first-order valence-electron chi connectivity index (χ1n) is 7.13. The summed E-state index contributed by atoms with van der Waals surface area (Å²) in [7, 11) is 0. The molecule has 0 aromatic heterocycles. The van der Waals surface area contributed by atoms with E-state index in [2.05, 4.69) is 53.3 Å². The van der Waals surface area contributed by atoms with Crippen LogP contribution in [0, 0.1) is 0 Å². The van der Waals surface area contributed by atoms with Crippen molar-refractivity contribution >= 4 is 24.1 Å². The Hall–Kier alpha value is -3.20. The normalized spacial score (nSPS) is 13.2.